The lowest BCUT2D eigenvalue weighted by Gasteiger charge is -2.44. The van der Waals surface area contributed by atoms with E-state index in [1.165, 1.54) is 24.3 Å². The largest absolute Gasteiger partial charge is 0.376 e. The smallest absolute Gasteiger partial charge is 0.261 e. The number of carbonyl (C=O) groups is 1. The average Bonchev–Trinajstić information content (AvgIpc) is 3.46. The molecule has 0 spiro atoms. The average molecular weight is 583 g/mol. The number of halogens is 1. The number of carbonyl (C=O) groups excluding carboxylic acids is 1. The number of nitrogens with zero attached hydrogens (tertiary/aromatic N) is 2. The molecule has 1 aromatic heterocycles. The molecule has 2 bridgehead atoms. The molecule has 210 valence electrons. The maximum absolute atomic E-state index is 13.4. The van der Waals surface area contributed by atoms with E-state index in [9.17, 15) is 18.0 Å². The van der Waals surface area contributed by atoms with Gasteiger partial charge in [0.1, 0.15) is 0 Å². The third kappa shape index (κ3) is 5.48. The van der Waals surface area contributed by atoms with Gasteiger partial charge in [-0.15, -0.1) is 0 Å². The Hall–Kier alpha value is -3.34. The van der Waals surface area contributed by atoms with Crippen LogP contribution in [0.2, 0.25) is 5.02 Å². The second kappa shape index (κ2) is 10.9. The lowest BCUT2D eigenvalue weighted by molar-refractivity contribution is 0.0858. The van der Waals surface area contributed by atoms with Crippen molar-refractivity contribution in [3.63, 3.8) is 0 Å². The number of anilines is 2. The maximum atomic E-state index is 13.4. The summed E-state index contributed by atoms with van der Waals surface area (Å²) in [6, 6.07) is 16.5. The maximum Gasteiger partial charge on any atom is 0.261 e. The van der Waals surface area contributed by atoms with Gasteiger partial charge in [0.05, 0.1) is 22.4 Å². The molecule has 3 aliphatic heterocycles. The lowest BCUT2D eigenvalue weighted by Crippen LogP contribution is -2.47. The SMILES string of the molecule is O=C(NCC1CCCO1)c1ccc(N2CC3CC(C2)c2cccc(=O)n2C3)c(NS(=O)(=O)c2ccc(Cl)cc2)c1. The first-order chi connectivity index (χ1) is 19.3. The van der Waals surface area contributed by atoms with Crippen LogP contribution in [-0.4, -0.2) is 51.2 Å². The van der Waals surface area contributed by atoms with E-state index in [1.54, 1.807) is 30.3 Å². The van der Waals surface area contributed by atoms with Crippen molar-refractivity contribution in [2.75, 3.05) is 35.9 Å². The second-order valence-corrected chi connectivity index (χ2v) is 12.9. The fraction of sp³-hybridized carbons (Fsp3) is 0.379. The van der Waals surface area contributed by atoms with Crippen molar-refractivity contribution in [1.82, 2.24) is 9.88 Å². The molecule has 11 heteroatoms. The monoisotopic (exact) mass is 582 g/mol. The number of hydrogen-bond acceptors (Lipinski definition) is 6. The Morgan fingerprint density at radius 1 is 1.05 bits per heavy atom. The molecule has 0 radical (unpaired) electrons. The van der Waals surface area contributed by atoms with Crippen molar-refractivity contribution < 1.29 is 17.9 Å². The van der Waals surface area contributed by atoms with Crippen LogP contribution in [0.25, 0.3) is 0 Å². The molecule has 1 amide bonds. The summed E-state index contributed by atoms with van der Waals surface area (Å²) in [6.07, 6.45) is 2.84. The van der Waals surface area contributed by atoms with Crippen LogP contribution in [0.15, 0.2) is 70.4 Å². The summed E-state index contributed by atoms with van der Waals surface area (Å²) in [4.78, 5) is 27.7. The highest BCUT2D eigenvalue weighted by molar-refractivity contribution is 7.92. The van der Waals surface area contributed by atoms with Crippen LogP contribution < -0.4 is 20.5 Å². The van der Waals surface area contributed by atoms with Crippen molar-refractivity contribution in [2.24, 2.45) is 5.92 Å². The van der Waals surface area contributed by atoms with Crippen LogP contribution in [0.4, 0.5) is 11.4 Å². The topological polar surface area (TPSA) is 110 Å². The molecule has 2 N–H and O–H groups in total. The number of pyridine rings is 1. The summed E-state index contributed by atoms with van der Waals surface area (Å²) >= 11 is 5.98. The van der Waals surface area contributed by atoms with E-state index in [0.717, 1.165) is 25.0 Å². The Balaban J connectivity index is 1.32. The number of rotatable bonds is 7. The van der Waals surface area contributed by atoms with Crippen LogP contribution >= 0.6 is 11.6 Å². The van der Waals surface area contributed by atoms with Crippen molar-refractivity contribution >= 4 is 38.9 Å². The highest BCUT2D eigenvalue weighted by Gasteiger charge is 2.35. The molecule has 2 aromatic carbocycles. The minimum Gasteiger partial charge on any atom is -0.376 e. The second-order valence-electron chi connectivity index (χ2n) is 10.7. The number of sulfonamides is 1. The van der Waals surface area contributed by atoms with Gasteiger partial charge in [-0.1, -0.05) is 17.7 Å². The molecule has 3 unspecified atom stereocenters. The molecule has 2 saturated heterocycles. The van der Waals surface area contributed by atoms with Gasteiger partial charge in [0, 0.05) is 61.1 Å². The lowest BCUT2D eigenvalue weighted by atomic mass is 9.83. The number of amides is 1. The number of hydrogen-bond donors (Lipinski definition) is 2. The van der Waals surface area contributed by atoms with Crippen molar-refractivity contribution in [1.29, 1.82) is 0 Å². The minimum absolute atomic E-state index is 0.00533. The molecule has 9 nitrogen and oxygen atoms in total. The quantitative estimate of drug-likeness (QED) is 0.438. The third-order valence-corrected chi connectivity index (χ3v) is 9.60. The van der Waals surface area contributed by atoms with Crippen molar-refractivity contribution in [3.05, 3.63) is 87.3 Å². The summed E-state index contributed by atoms with van der Waals surface area (Å²) < 4.78 is 37.0. The van der Waals surface area contributed by atoms with Crippen molar-refractivity contribution in [3.8, 4) is 0 Å². The van der Waals surface area contributed by atoms with Gasteiger partial charge in [-0.3, -0.25) is 14.3 Å². The minimum atomic E-state index is -3.96. The van der Waals surface area contributed by atoms with E-state index < -0.39 is 10.0 Å². The van der Waals surface area contributed by atoms with Crippen LogP contribution in [0.5, 0.6) is 0 Å². The Kier molecular flexibility index (Phi) is 7.33. The normalized spacial score (nSPS) is 22.0. The van der Waals surface area contributed by atoms with Gasteiger partial charge in [-0.25, -0.2) is 8.42 Å². The van der Waals surface area contributed by atoms with Gasteiger partial charge in [-0.05, 0) is 73.7 Å². The first-order valence-corrected chi connectivity index (χ1v) is 15.4. The van der Waals surface area contributed by atoms with Gasteiger partial charge >= 0.3 is 0 Å². The molecule has 3 atom stereocenters. The van der Waals surface area contributed by atoms with Crippen LogP contribution in [0, 0.1) is 5.92 Å². The highest BCUT2D eigenvalue weighted by Crippen LogP contribution is 2.39. The Bertz CT molecular complexity index is 1580. The third-order valence-electron chi connectivity index (χ3n) is 7.96. The number of ether oxygens (including phenoxy) is 1. The fourth-order valence-electron chi connectivity index (χ4n) is 6.06. The predicted octanol–water partition coefficient (Wildman–Crippen LogP) is 3.84. The van der Waals surface area contributed by atoms with Crippen LogP contribution in [0.3, 0.4) is 0 Å². The first kappa shape index (κ1) is 26.9. The molecule has 2 fully saturated rings. The van der Waals surface area contributed by atoms with E-state index in [2.05, 4.69) is 14.9 Å². The zero-order chi connectivity index (χ0) is 27.9. The summed E-state index contributed by atoms with van der Waals surface area (Å²) in [5.41, 5.74) is 2.38. The molecule has 40 heavy (non-hydrogen) atoms. The first-order valence-electron chi connectivity index (χ1n) is 13.5. The Labute approximate surface area is 238 Å². The predicted molar refractivity (Wildman–Crippen MR) is 154 cm³/mol. The summed E-state index contributed by atoms with van der Waals surface area (Å²) in [5.74, 6) is 0.0794. The molecule has 6 rings (SSSR count). The van der Waals surface area contributed by atoms with Crippen LogP contribution in [0.1, 0.15) is 41.2 Å². The summed E-state index contributed by atoms with van der Waals surface area (Å²) in [5, 5.41) is 3.35. The van der Waals surface area contributed by atoms with Gasteiger partial charge in [0.2, 0.25) is 0 Å². The van der Waals surface area contributed by atoms with E-state index in [0.29, 0.717) is 54.7 Å². The highest BCUT2D eigenvalue weighted by atomic mass is 35.5. The van der Waals surface area contributed by atoms with Gasteiger partial charge in [-0.2, -0.15) is 0 Å². The molecular formula is C29H31ClN4O5S. The summed E-state index contributed by atoms with van der Waals surface area (Å²) in [6.45, 7) is 3.01. The fourth-order valence-corrected chi connectivity index (χ4v) is 7.25. The molecule has 0 saturated carbocycles. The van der Waals surface area contributed by atoms with E-state index in [-0.39, 0.29) is 34.3 Å². The number of fused-ring (bicyclic) bond motifs is 4. The molecular weight excluding hydrogens is 552 g/mol. The van der Waals surface area contributed by atoms with Gasteiger partial charge < -0.3 is 19.5 Å². The van der Waals surface area contributed by atoms with E-state index in [1.807, 2.05) is 10.6 Å². The molecule has 0 aliphatic carbocycles. The van der Waals surface area contributed by atoms with Gasteiger partial charge in [0.25, 0.3) is 21.5 Å². The van der Waals surface area contributed by atoms with Gasteiger partial charge in [0.15, 0.2) is 0 Å². The number of nitrogens with one attached hydrogen (secondary N) is 2. The zero-order valence-electron chi connectivity index (χ0n) is 21.9. The van der Waals surface area contributed by atoms with E-state index in [4.69, 9.17) is 16.3 Å². The molecule has 3 aliphatic rings. The molecule has 3 aromatic rings. The Morgan fingerprint density at radius 2 is 1.88 bits per heavy atom. The number of aromatic nitrogens is 1. The summed E-state index contributed by atoms with van der Waals surface area (Å²) in [7, 11) is -3.96. The number of piperidine rings is 1. The Morgan fingerprint density at radius 3 is 2.65 bits per heavy atom. The number of benzene rings is 2. The standard InChI is InChI=1S/C29H31ClN4O5S/c30-22-7-9-24(10-8-22)40(37,38)32-25-14-20(29(36)31-15-23-3-2-12-39-23)6-11-27(25)33-16-19-13-21(18-33)26-4-1-5-28(35)34(26)17-19/h1,4-11,14,19,21,23,32H,2-3,12-13,15-18H2,(H,31,36). The zero-order valence-corrected chi connectivity index (χ0v) is 23.5. The van der Waals surface area contributed by atoms with Crippen molar-refractivity contribution in [2.45, 2.75) is 42.7 Å². The molecule has 4 heterocycles. The van der Waals surface area contributed by atoms with Crippen LogP contribution in [-0.2, 0) is 21.3 Å². The van der Waals surface area contributed by atoms with E-state index >= 15 is 0 Å².